The van der Waals surface area contributed by atoms with E-state index in [1.807, 2.05) is 4.68 Å². The fourth-order valence-electron chi connectivity index (χ4n) is 3.01. The summed E-state index contributed by atoms with van der Waals surface area (Å²) in [5, 5.41) is 4.59. The first-order chi connectivity index (χ1) is 8.58. The molecule has 2 rings (SSSR count). The van der Waals surface area contributed by atoms with Crippen LogP contribution in [0.15, 0.2) is 4.47 Å². The maximum Gasteiger partial charge on any atom is 0.0767 e. The van der Waals surface area contributed by atoms with Crippen LogP contribution in [0.1, 0.15) is 51.4 Å². The molecule has 0 saturated carbocycles. The van der Waals surface area contributed by atoms with Crippen LogP contribution >= 0.6 is 15.9 Å². The lowest BCUT2D eigenvalue weighted by Crippen LogP contribution is -2.34. The second kappa shape index (κ2) is 5.74. The van der Waals surface area contributed by atoms with Crippen LogP contribution < -0.4 is 0 Å². The van der Waals surface area contributed by atoms with Crippen molar-refractivity contribution in [1.82, 2.24) is 14.7 Å². The van der Waals surface area contributed by atoms with Gasteiger partial charge < -0.3 is 0 Å². The Hall–Kier alpha value is -0.350. The summed E-state index contributed by atoms with van der Waals surface area (Å²) < 4.78 is 3.25. The number of aryl methyl sites for hydroxylation is 2. The number of halogens is 1. The van der Waals surface area contributed by atoms with Crippen LogP contribution in [0.4, 0.5) is 0 Å². The van der Waals surface area contributed by atoms with Gasteiger partial charge >= 0.3 is 0 Å². The van der Waals surface area contributed by atoms with Gasteiger partial charge in [-0.1, -0.05) is 13.8 Å². The fraction of sp³-hybridized carbons (Fsp3) is 0.786. The van der Waals surface area contributed by atoms with Gasteiger partial charge in [0.15, 0.2) is 0 Å². The van der Waals surface area contributed by atoms with Crippen molar-refractivity contribution in [3.63, 3.8) is 0 Å². The molecule has 0 bridgehead atoms. The van der Waals surface area contributed by atoms with Crippen molar-refractivity contribution in [1.29, 1.82) is 0 Å². The highest BCUT2D eigenvalue weighted by Crippen LogP contribution is 2.30. The number of likely N-dealkylation sites (tertiary alicyclic amines) is 1. The zero-order chi connectivity index (χ0) is 13.3. The van der Waals surface area contributed by atoms with Crippen molar-refractivity contribution >= 4 is 15.9 Å². The second-order valence-corrected chi connectivity index (χ2v) is 6.14. The highest BCUT2D eigenvalue weighted by Gasteiger charge is 2.30. The van der Waals surface area contributed by atoms with Crippen LogP contribution in [0.3, 0.4) is 0 Å². The van der Waals surface area contributed by atoms with Gasteiger partial charge in [-0.15, -0.1) is 0 Å². The summed E-state index contributed by atoms with van der Waals surface area (Å²) in [7, 11) is 2.06. The Balaban J connectivity index is 2.20. The number of hydrogen-bond acceptors (Lipinski definition) is 2. The van der Waals surface area contributed by atoms with Gasteiger partial charge in [-0.05, 0) is 48.5 Å². The van der Waals surface area contributed by atoms with E-state index in [4.69, 9.17) is 0 Å². The molecule has 2 atom stereocenters. The normalized spacial score (nSPS) is 24.9. The van der Waals surface area contributed by atoms with Crippen molar-refractivity contribution in [2.24, 2.45) is 7.05 Å². The molecule has 0 aromatic carbocycles. The lowest BCUT2D eigenvalue weighted by atomic mass is 10.1. The highest BCUT2D eigenvalue weighted by molar-refractivity contribution is 9.10. The first-order valence-electron chi connectivity index (χ1n) is 7.04. The largest absolute Gasteiger partial charge is 0.292 e. The van der Waals surface area contributed by atoms with Crippen LogP contribution in [-0.4, -0.2) is 26.8 Å². The molecule has 0 N–H and O–H groups in total. The standard InChI is InChI=1S/C14H24BrN3/c1-5-11-8-7-10(3)18(11)9-13-14(15)12(6-2)16-17(13)4/h10-11H,5-9H2,1-4H3. The number of aromatic nitrogens is 2. The Morgan fingerprint density at radius 2 is 2.06 bits per heavy atom. The second-order valence-electron chi connectivity index (χ2n) is 5.35. The third-order valence-electron chi connectivity index (χ3n) is 4.26. The summed E-state index contributed by atoms with van der Waals surface area (Å²) in [6.07, 6.45) is 4.91. The van der Waals surface area contributed by atoms with Crippen LogP contribution in [0.5, 0.6) is 0 Å². The first-order valence-corrected chi connectivity index (χ1v) is 7.83. The van der Waals surface area contributed by atoms with E-state index < -0.39 is 0 Å². The molecule has 1 saturated heterocycles. The Kier molecular flexibility index (Phi) is 4.49. The van der Waals surface area contributed by atoms with Crippen LogP contribution in [0, 0.1) is 0 Å². The quantitative estimate of drug-likeness (QED) is 0.848. The van der Waals surface area contributed by atoms with Crippen molar-refractivity contribution in [3.05, 3.63) is 15.9 Å². The Morgan fingerprint density at radius 3 is 2.61 bits per heavy atom. The zero-order valence-corrected chi connectivity index (χ0v) is 13.5. The summed E-state index contributed by atoms with van der Waals surface area (Å²) in [4.78, 5) is 2.64. The van der Waals surface area contributed by atoms with Gasteiger partial charge in [-0.3, -0.25) is 9.58 Å². The van der Waals surface area contributed by atoms with Crippen LogP contribution in [0.2, 0.25) is 0 Å². The average Bonchev–Trinajstić information content (AvgIpc) is 2.84. The number of hydrogen-bond donors (Lipinski definition) is 0. The topological polar surface area (TPSA) is 21.1 Å². The zero-order valence-electron chi connectivity index (χ0n) is 11.9. The van der Waals surface area contributed by atoms with Crippen molar-refractivity contribution in [3.8, 4) is 0 Å². The maximum atomic E-state index is 4.59. The molecule has 1 aliphatic rings. The van der Waals surface area contributed by atoms with E-state index in [2.05, 4.69) is 53.7 Å². The SMILES string of the molecule is CCc1nn(C)c(CN2C(C)CCC2CC)c1Br. The molecule has 0 radical (unpaired) electrons. The van der Waals surface area contributed by atoms with E-state index in [1.54, 1.807) is 0 Å². The van der Waals surface area contributed by atoms with Gasteiger partial charge in [-0.2, -0.15) is 5.10 Å². The van der Waals surface area contributed by atoms with E-state index in [9.17, 15) is 0 Å². The molecule has 1 aromatic heterocycles. The Morgan fingerprint density at radius 1 is 1.33 bits per heavy atom. The van der Waals surface area contributed by atoms with E-state index in [-0.39, 0.29) is 0 Å². The Bertz CT molecular complexity index is 413. The minimum Gasteiger partial charge on any atom is -0.292 e. The lowest BCUT2D eigenvalue weighted by Gasteiger charge is -2.27. The van der Waals surface area contributed by atoms with E-state index in [0.29, 0.717) is 6.04 Å². The molecule has 2 unspecified atom stereocenters. The van der Waals surface area contributed by atoms with Gasteiger partial charge in [0.2, 0.25) is 0 Å². The minimum atomic E-state index is 0.696. The third kappa shape index (κ3) is 2.50. The Labute approximate surface area is 119 Å². The molecule has 2 heterocycles. The molecule has 0 amide bonds. The first kappa shape index (κ1) is 14.1. The fourth-order valence-corrected chi connectivity index (χ4v) is 3.75. The predicted molar refractivity (Wildman–Crippen MR) is 78.6 cm³/mol. The molecule has 18 heavy (non-hydrogen) atoms. The summed E-state index contributed by atoms with van der Waals surface area (Å²) in [6, 6.07) is 1.44. The molecule has 4 heteroatoms. The van der Waals surface area contributed by atoms with Gasteiger partial charge in [0.05, 0.1) is 15.9 Å². The molecular formula is C14H24BrN3. The highest BCUT2D eigenvalue weighted by atomic mass is 79.9. The molecule has 1 aliphatic heterocycles. The molecule has 0 spiro atoms. The van der Waals surface area contributed by atoms with Gasteiger partial charge in [0.25, 0.3) is 0 Å². The van der Waals surface area contributed by atoms with Gasteiger partial charge in [0.1, 0.15) is 0 Å². The predicted octanol–water partition coefficient (Wildman–Crippen LogP) is 3.51. The minimum absolute atomic E-state index is 0.696. The number of nitrogens with zero attached hydrogens (tertiary/aromatic N) is 3. The van der Waals surface area contributed by atoms with E-state index in [0.717, 1.165) is 19.0 Å². The molecule has 1 fully saturated rings. The number of rotatable bonds is 4. The summed E-state index contributed by atoms with van der Waals surface area (Å²) in [6.45, 7) is 7.82. The van der Waals surface area contributed by atoms with Crippen LogP contribution in [0.25, 0.3) is 0 Å². The van der Waals surface area contributed by atoms with E-state index in [1.165, 1.54) is 35.1 Å². The third-order valence-corrected chi connectivity index (χ3v) is 5.17. The monoisotopic (exact) mass is 313 g/mol. The van der Waals surface area contributed by atoms with Crippen molar-refractivity contribution < 1.29 is 0 Å². The van der Waals surface area contributed by atoms with Gasteiger partial charge in [-0.25, -0.2) is 0 Å². The summed E-state index contributed by atoms with van der Waals surface area (Å²) in [5.74, 6) is 0. The molecule has 1 aromatic rings. The molecule has 0 aliphatic carbocycles. The van der Waals surface area contributed by atoms with Crippen LogP contribution in [-0.2, 0) is 20.0 Å². The smallest absolute Gasteiger partial charge is 0.0767 e. The maximum absolute atomic E-state index is 4.59. The summed E-state index contributed by atoms with van der Waals surface area (Å²) >= 11 is 3.72. The van der Waals surface area contributed by atoms with Crippen molar-refractivity contribution in [2.45, 2.75) is 65.1 Å². The molecule has 102 valence electrons. The molecular weight excluding hydrogens is 290 g/mol. The van der Waals surface area contributed by atoms with Crippen molar-refractivity contribution in [2.75, 3.05) is 0 Å². The lowest BCUT2D eigenvalue weighted by molar-refractivity contribution is 0.184. The van der Waals surface area contributed by atoms with E-state index >= 15 is 0 Å². The summed E-state index contributed by atoms with van der Waals surface area (Å²) in [5.41, 5.74) is 2.49. The molecule has 3 nitrogen and oxygen atoms in total. The average molecular weight is 314 g/mol. The van der Waals surface area contributed by atoms with Gasteiger partial charge in [0, 0.05) is 25.7 Å².